The molecule has 2 aromatic carbocycles. The molecule has 0 amide bonds. The van der Waals surface area contributed by atoms with Gasteiger partial charge in [0.15, 0.2) is 23.3 Å². The van der Waals surface area contributed by atoms with Crippen LogP contribution in [-0.4, -0.2) is 43.1 Å². The van der Waals surface area contributed by atoms with Gasteiger partial charge in [0.05, 0.1) is 5.38 Å². The summed E-state index contributed by atoms with van der Waals surface area (Å²) in [5.74, 6) is -8.62. The maximum atomic E-state index is 14.2. The first-order valence-corrected chi connectivity index (χ1v) is 13.4. The van der Waals surface area contributed by atoms with Gasteiger partial charge in [0.1, 0.15) is 15.0 Å². The molecule has 0 fully saturated rings. The van der Waals surface area contributed by atoms with Gasteiger partial charge in [-0.1, -0.05) is 24.3 Å². The van der Waals surface area contributed by atoms with Crippen LogP contribution in [0.25, 0.3) is 0 Å². The van der Waals surface area contributed by atoms with Gasteiger partial charge in [0.25, 0.3) is 0 Å². The van der Waals surface area contributed by atoms with Gasteiger partial charge in [-0.25, -0.2) is 26.0 Å². The van der Waals surface area contributed by atoms with E-state index in [9.17, 15) is 30.5 Å². The summed E-state index contributed by atoms with van der Waals surface area (Å²) in [4.78, 5) is -2.21. The number of rotatable bonds is 11. The van der Waals surface area contributed by atoms with Crippen molar-refractivity contribution in [1.29, 1.82) is 0 Å². The monoisotopic (exact) mass is 552 g/mol. The minimum Gasteiger partial charge on any atom is -0.744 e. The molecule has 0 heterocycles. The topological polar surface area (TPSA) is 84.9 Å². The van der Waals surface area contributed by atoms with E-state index >= 15 is 0 Å². The Morgan fingerprint density at radius 2 is 1.29 bits per heavy atom. The molecule has 0 radical (unpaired) electrons. The van der Waals surface area contributed by atoms with E-state index < -0.39 is 58.0 Å². The number of alkyl halides is 1. The van der Waals surface area contributed by atoms with Crippen molar-refractivity contribution in [3.8, 4) is 0 Å². The summed E-state index contributed by atoms with van der Waals surface area (Å²) >= 11 is 5.98. The number of hydrogen-bond donors (Lipinski definition) is 0. The molecule has 34 heavy (non-hydrogen) atoms. The van der Waals surface area contributed by atoms with E-state index in [0.717, 1.165) is 11.1 Å². The molecular formula is C20H22ClF4NaO6SSi. The number of hydrogen-bond acceptors (Lipinski definition) is 6. The maximum absolute atomic E-state index is 14.2. The minimum atomic E-state index is -5.77. The van der Waals surface area contributed by atoms with Gasteiger partial charge in [-0.3, -0.25) is 0 Å². The molecule has 1 atom stereocenters. The van der Waals surface area contributed by atoms with Gasteiger partial charge >= 0.3 is 38.4 Å². The van der Waals surface area contributed by atoms with E-state index in [0.29, 0.717) is 12.5 Å². The summed E-state index contributed by atoms with van der Waals surface area (Å²) in [5.41, 5.74) is 0.522. The van der Waals surface area contributed by atoms with E-state index in [4.69, 9.17) is 24.9 Å². The molecule has 6 nitrogen and oxygen atoms in total. The first-order chi connectivity index (χ1) is 15.4. The van der Waals surface area contributed by atoms with Gasteiger partial charge in [-0.05, 0) is 30.4 Å². The summed E-state index contributed by atoms with van der Waals surface area (Å²) in [5, 5.41) is -1.52. The maximum Gasteiger partial charge on any atom is 1.00 e. The van der Waals surface area contributed by atoms with Crippen molar-refractivity contribution < 1.29 is 73.4 Å². The SMILES string of the molecule is CO[Si](CCc1ccc(CCC(Cl)c2c(F)c(F)c(S(=O)(=O)[O-])c(F)c2F)cc1)(OC)OC.[Na+]. The van der Waals surface area contributed by atoms with Gasteiger partial charge in [0.2, 0.25) is 0 Å². The normalized spacial score (nSPS) is 13.0. The summed E-state index contributed by atoms with van der Waals surface area (Å²) < 4.78 is 105. The fraction of sp³-hybridized carbons (Fsp3) is 0.400. The van der Waals surface area contributed by atoms with Crippen LogP contribution in [0.3, 0.4) is 0 Å². The van der Waals surface area contributed by atoms with Gasteiger partial charge < -0.3 is 17.8 Å². The average molecular weight is 553 g/mol. The summed E-state index contributed by atoms with van der Waals surface area (Å²) in [6.45, 7) is 0. The quantitative estimate of drug-likeness (QED) is 0.138. The third kappa shape index (κ3) is 7.25. The molecule has 184 valence electrons. The smallest absolute Gasteiger partial charge is 0.744 e. The molecule has 0 N–H and O–H groups in total. The van der Waals surface area contributed by atoms with E-state index in [2.05, 4.69) is 0 Å². The second kappa shape index (κ2) is 13.1. The van der Waals surface area contributed by atoms with Crippen molar-refractivity contribution in [2.75, 3.05) is 21.3 Å². The van der Waals surface area contributed by atoms with Crippen LogP contribution in [0.1, 0.15) is 28.5 Å². The average Bonchev–Trinajstić information content (AvgIpc) is 2.78. The van der Waals surface area contributed by atoms with Crippen LogP contribution >= 0.6 is 11.6 Å². The number of benzene rings is 2. The zero-order valence-electron chi connectivity index (χ0n) is 19.0. The third-order valence-electron chi connectivity index (χ3n) is 5.18. The van der Waals surface area contributed by atoms with Crippen LogP contribution in [0.15, 0.2) is 29.2 Å². The van der Waals surface area contributed by atoms with Crippen LogP contribution in [0.4, 0.5) is 17.6 Å². The van der Waals surface area contributed by atoms with Crippen molar-refractivity contribution in [1.82, 2.24) is 0 Å². The molecule has 2 aromatic rings. The standard InChI is InChI=1S/C20H23ClF4O6SSi.Na/c1-29-33(30-2,31-3)11-10-13-6-4-12(5-7-13)8-9-14(21)15-16(22)18(24)20(32(26,27)28)19(25)17(15)23;/h4-7,14H,8-11H2,1-3H3,(H,26,27,28);/q;+1/p-1. The minimum absolute atomic E-state index is 0. The van der Waals surface area contributed by atoms with E-state index in [1.54, 1.807) is 12.1 Å². The van der Waals surface area contributed by atoms with Gasteiger partial charge in [0, 0.05) is 32.9 Å². The van der Waals surface area contributed by atoms with Crippen LogP contribution in [0.5, 0.6) is 0 Å². The molecular weight excluding hydrogens is 531 g/mol. The summed E-state index contributed by atoms with van der Waals surface area (Å²) in [7, 11) is -3.95. The fourth-order valence-corrected chi connectivity index (χ4v) is 5.91. The zero-order chi connectivity index (χ0) is 25.0. The Labute approximate surface area is 224 Å². The molecule has 0 saturated heterocycles. The van der Waals surface area contributed by atoms with Crippen molar-refractivity contribution in [2.45, 2.75) is 35.6 Å². The first-order valence-electron chi connectivity index (χ1n) is 9.59. The Morgan fingerprint density at radius 3 is 1.68 bits per heavy atom. The largest absolute Gasteiger partial charge is 1.00 e. The zero-order valence-corrected chi connectivity index (χ0v) is 23.5. The second-order valence-corrected chi connectivity index (χ2v) is 12.0. The van der Waals surface area contributed by atoms with E-state index in [1.165, 1.54) is 21.3 Å². The first kappa shape index (κ1) is 31.5. The Morgan fingerprint density at radius 1 is 0.882 bits per heavy atom. The van der Waals surface area contributed by atoms with Gasteiger partial charge in [-0.15, -0.1) is 11.6 Å². The number of halogens is 5. The second-order valence-electron chi connectivity index (χ2n) is 7.07. The van der Waals surface area contributed by atoms with Crippen molar-refractivity contribution >= 4 is 30.5 Å². The van der Waals surface area contributed by atoms with Crippen LogP contribution in [0, 0.1) is 23.3 Å². The molecule has 14 heteroatoms. The predicted octanol–water partition coefficient (Wildman–Crippen LogP) is 1.48. The van der Waals surface area contributed by atoms with Crippen molar-refractivity contribution in [3.63, 3.8) is 0 Å². The Kier molecular flexibility index (Phi) is 12.2. The molecule has 0 aliphatic rings. The predicted molar refractivity (Wildman–Crippen MR) is 113 cm³/mol. The molecule has 2 rings (SSSR count). The van der Waals surface area contributed by atoms with Crippen molar-refractivity contribution in [2.24, 2.45) is 0 Å². The fourth-order valence-electron chi connectivity index (χ4n) is 3.29. The Bertz CT molecular complexity index is 1050. The molecule has 0 aliphatic carbocycles. The van der Waals surface area contributed by atoms with Crippen LogP contribution < -0.4 is 29.6 Å². The summed E-state index contributed by atoms with van der Waals surface area (Å²) in [6.07, 6.45) is 0.694. The van der Waals surface area contributed by atoms with Crippen molar-refractivity contribution in [3.05, 3.63) is 64.2 Å². The van der Waals surface area contributed by atoms with Crippen LogP contribution in [0.2, 0.25) is 6.04 Å². The van der Waals surface area contributed by atoms with Gasteiger partial charge in [-0.2, -0.15) is 0 Å². The Hall–Kier alpha value is -0.543. The molecule has 0 saturated carbocycles. The molecule has 0 aliphatic heterocycles. The molecule has 1 unspecified atom stereocenters. The Balaban J connectivity index is 0.00000578. The third-order valence-corrected chi connectivity index (χ3v) is 9.21. The van der Waals surface area contributed by atoms with E-state index in [-0.39, 0.29) is 42.4 Å². The molecule has 0 bridgehead atoms. The molecule has 0 spiro atoms. The van der Waals surface area contributed by atoms with E-state index in [1.807, 2.05) is 12.1 Å². The number of aryl methyl sites for hydroxylation is 2. The molecule has 0 aromatic heterocycles. The van der Waals surface area contributed by atoms with Crippen LogP contribution in [-0.2, 0) is 36.2 Å². The summed E-state index contributed by atoms with van der Waals surface area (Å²) in [6, 6.07) is 7.72.